The third-order valence-electron chi connectivity index (χ3n) is 2.35. The monoisotopic (exact) mass is 195 g/mol. The fraction of sp³-hybridized carbons (Fsp3) is 0. The minimum Gasteiger partial charge on any atom is -0.291 e. The van der Waals surface area contributed by atoms with Crippen LogP contribution in [0.4, 0.5) is 0 Å². The lowest BCUT2D eigenvalue weighted by Gasteiger charge is -2.02. The Morgan fingerprint density at radius 3 is 2.80 bits per heavy atom. The van der Waals surface area contributed by atoms with Crippen LogP contribution in [0.1, 0.15) is 0 Å². The second-order valence-corrected chi connectivity index (χ2v) is 3.33. The summed E-state index contributed by atoms with van der Waals surface area (Å²) in [6.45, 7) is 0. The molecule has 15 heavy (non-hydrogen) atoms. The van der Waals surface area contributed by atoms with E-state index in [2.05, 4.69) is 22.1 Å². The first-order valence-corrected chi connectivity index (χ1v) is 4.77. The zero-order valence-electron chi connectivity index (χ0n) is 8.04. The Labute approximate surface area is 87.0 Å². The molecule has 0 saturated carbocycles. The van der Waals surface area contributed by atoms with E-state index in [0.29, 0.717) is 0 Å². The number of pyridine rings is 1. The Kier molecular flexibility index (Phi) is 1.75. The van der Waals surface area contributed by atoms with Gasteiger partial charge >= 0.3 is 0 Å². The van der Waals surface area contributed by atoms with Crippen molar-refractivity contribution in [2.45, 2.75) is 0 Å². The number of para-hydroxylation sites is 1. The molecule has 0 aliphatic carbocycles. The Hall–Kier alpha value is -2.16. The Balaban J connectivity index is 2.22. The lowest BCUT2D eigenvalue weighted by atomic mass is 10.2. The van der Waals surface area contributed by atoms with Gasteiger partial charge in [0.1, 0.15) is 12.1 Å². The normalized spacial score (nSPS) is 10.7. The van der Waals surface area contributed by atoms with E-state index in [4.69, 9.17) is 0 Å². The van der Waals surface area contributed by atoms with Gasteiger partial charge in [0.25, 0.3) is 0 Å². The molecule has 0 saturated heterocycles. The molecule has 0 atom stereocenters. The SMILES string of the molecule is c1ccc2nc(-n3ccnc3)ccc2c1. The zero-order chi connectivity index (χ0) is 10.1. The number of rotatable bonds is 1. The minimum absolute atomic E-state index is 0.895. The van der Waals surface area contributed by atoms with E-state index in [-0.39, 0.29) is 0 Å². The predicted molar refractivity (Wildman–Crippen MR) is 58.9 cm³/mol. The molecule has 0 spiro atoms. The van der Waals surface area contributed by atoms with E-state index in [9.17, 15) is 0 Å². The summed E-state index contributed by atoms with van der Waals surface area (Å²) in [4.78, 5) is 8.54. The quantitative estimate of drug-likeness (QED) is 0.597. The fourth-order valence-corrected chi connectivity index (χ4v) is 1.59. The van der Waals surface area contributed by atoms with Crippen LogP contribution in [0.15, 0.2) is 55.1 Å². The summed E-state index contributed by atoms with van der Waals surface area (Å²) in [5, 5.41) is 1.15. The highest BCUT2D eigenvalue weighted by atomic mass is 15.1. The summed E-state index contributed by atoms with van der Waals surface area (Å²) in [5.74, 6) is 0.895. The molecule has 0 aliphatic heterocycles. The molecule has 0 amide bonds. The number of hydrogen-bond acceptors (Lipinski definition) is 2. The predicted octanol–water partition coefficient (Wildman–Crippen LogP) is 2.42. The van der Waals surface area contributed by atoms with E-state index in [1.807, 2.05) is 35.0 Å². The maximum atomic E-state index is 4.54. The average Bonchev–Trinajstić information content (AvgIpc) is 2.82. The van der Waals surface area contributed by atoms with Gasteiger partial charge in [-0.15, -0.1) is 0 Å². The van der Waals surface area contributed by atoms with Crippen LogP contribution in [0.25, 0.3) is 16.7 Å². The van der Waals surface area contributed by atoms with E-state index < -0.39 is 0 Å². The molecule has 0 aliphatic rings. The van der Waals surface area contributed by atoms with Gasteiger partial charge in [-0.2, -0.15) is 0 Å². The van der Waals surface area contributed by atoms with Crippen molar-refractivity contribution in [2.24, 2.45) is 0 Å². The maximum absolute atomic E-state index is 4.54. The van der Waals surface area contributed by atoms with Gasteiger partial charge in [-0.1, -0.05) is 18.2 Å². The molecule has 0 unspecified atom stereocenters. The molecule has 3 heteroatoms. The van der Waals surface area contributed by atoms with Crippen molar-refractivity contribution in [1.82, 2.24) is 14.5 Å². The lowest BCUT2D eigenvalue weighted by molar-refractivity contribution is 1.01. The van der Waals surface area contributed by atoms with Crippen LogP contribution in [-0.2, 0) is 0 Å². The summed E-state index contributed by atoms with van der Waals surface area (Å²) in [7, 11) is 0. The third kappa shape index (κ3) is 1.38. The molecular weight excluding hydrogens is 186 g/mol. The number of imidazole rings is 1. The van der Waals surface area contributed by atoms with Crippen LogP contribution in [0.2, 0.25) is 0 Å². The number of aromatic nitrogens is 3. The highest BCUT2D eigenvalue weighted by Gasteiger charge is 1.98. The van der Waals surface area contributed by atoms with Crippen molar-refractivity contribution < 1.29 is 0 Å². The zero-order valence-corrected chi connectivity index (χ0v) is 8.04. The van der Waals surface area contributed by atoms with Crippen molar-refractivity contribution in [2.75, 3.05) is 0 Å². The molecule has 0 fully saturated rings. The van der Waals surface area contributed by atoms with Crippen LogP contribution in [0.3, 0.4) is 0 Å². The molecule has 2 aromatic heterocycles. The molecule has 3 rings (SSSR count). The first-order chi connectivity index (χ1) is 7.43. The topological polar surface area (TPSA) is 30.7 Å². The smallest absolute Gasteiger partial charge is 0.138 e. The van der Waals surface area contributed by atoms with Crippen LogP contribution in [-0.4, -0.2) is 14.5 Å². The van der Waals surface area contributed by atoms with Crippen LogP contribution < -0.4 is 0 Å². The fourth-order valence-electron chi connectivity index (χ4n) is 1.59. The molecule has 2 heterocycles. The second kappa shape index (κ2) is 3.20. The van der Waals surface area contributed by atoms with E-state index in [1.165, 1.54) is 0 Å². The van der Waals surface area contributed by atoms with E-state index in [1.54, 1.807) is 12.5 Å². The number of hydrogen-bond donors (Lipinski definition) is 0. The molecule has 3 nitrogen and oxygen atoms in total. The van der Waals surface area contributed by atoms with Crippen LogP contribution in [0, 0.1) is 0 Å². The highest BCUT2D eigenvalue weighted by molar-refractivity contribution is 5.79. The van der Waals surface area contributed by atoms with Gasteiger partial charge in [-0.25, -0.2) is 9.97 Å². The number of nitrogens with zero attached hydrogens (tertiary/aromatic N) is 3. The van der Waals surface area contributed by atoms with Crippen molar-refractivity contribution >= 4 is 10.9 Å². The third-order valence-corrected chi connectivity index (χ3v) is 2.35. The summed E-state index contributed by atoms with van der Waals surface area (Å²) in [6, 6.07) is 12.1. The average molecular weight is 195 g/mol. The van der Waals surface area contributed by atoms with Crippen LogP contribution in [0.5, 0.6) is 0 Å². The first kappa shape index (κ1) is 8.17. The molecular formula is C12H9N3. The maximum Gasteiger partial charge on any atom is 0.138 e. The standard InChI is InChI=1S/C12H9N3/c1-2-4-11-10(3-1)5-6-12(14-11)15-8-7-13-9-15/h1-9H. The van der Waals surface area contributed by atoms with Crippen molar-refractivity contribution in [3.05, 3.63) is 55.1 Å². The molecule has 72 valence electrons. The largest absolute Gasteiger partial charge is 0.291 e. The molecule has 0 radical (unpaired) electrons. The second-order valence-electron chi connectivity index (χ2n) is 3.33. The molecule has 3 aromatic rings. The molecule has 0 bridgehead atoms. The van der Waals surface area contributed by atoms with Crippen molar-refractivity contribution in [3.63, 3.8) is 0 Å². The van der Waals surface area contributed by atoms with Gasteiger partial charge in [0.15, 0.2) is 0 Å². The summed E-state index contributed by atoms with van der Waals surface area (Å²) < 4.78 is 1.90. The van der Waals surface area contributed by atoms with Gasteiger partial charge in [-0.05, 0) is 18.2 Å². The first-order valence-electron chi connectivity index (χ1n) is 4.77. The minimum atomic E-state index is 0.895. The van der Waals surface area contributed by atoms with Gasteiger partial charge in [0, 0.05) is 17.8 Å². The summed E-state index contributed by atoms with van der Waals surface area (Å²) >= 11 is 0. The Morgan fingerprint density at radius 1 is 1.00 bits per heavy atom. The van der Waals surface area contributed by atoms with E-state index >= 15 is 0 Å². The Morgan fingerprint density at radius 2 is 1.93 bits per heavy atom. The number of benzene rings is 1. The summed E-state index contributed by atoms with van der Waals surface area (Å²) in [6.07, 6.45) is 5.38. The number of fused-ring (bicyclic) bond motifs is 1. The van der Waals surface area contributed by atoms with Gasteiger partial charge in [0.05, 0.1) is 5.52 Å². The van der Waals surface area contributed by atoms with Crippen molar-refractivity contribution in [1.29, 1.82) is 0 Å². The molecule has 1 aromatic carbocycles. The van der Waals surface area contributed by atoms with Crippen LogP contribution >= 0.6 is 0 Å². The van der Waals surface area contributed by atoms with Gasteiger partial charge in [0.2, 0.25) is 0 Å². The lowest BCUT2D eigenvalue weighted by Crippen LogP contribution is -1.93. The summed E-state index contributed by atoms with van der Waals surface area (Å²) in [5.41, 5.74) is 1.00. The Bertz CT molecular complexity index is 585. The van der Waals surface area contributed by atoms with Gasteiger partial charge in [-0.3, -0.25) is 4.57 Å². The molecule has 0 N–H and O–H groups in total. The van der Waals surface area contributed by atoms with Crippen molar-refractivity contribution in [3.8, 4) is 5.82 Å². The van der Waals surface area contributed by atoms with Gasteiger partial charge < -0.3 is 0 Å². The van der Waals surface area contributed by atoms with E-state index in [0.717, 1.165) is 16.7 Å². The highest BCUT2D eigenvalue weighted by Crippen LogP contribution is 2.13.